The Morgan fingerprint density at radius 3 is 2.74 bits per heavy atom. The number of nitrogens with one attached hydrogen (secondary N) is 1. The first-order valence-corrected chi connectivity index (χ1v) is 12.4. The summed E-state index contributed by atoms with van der Waals surface area (Å²) < 4.78 is 7.32. The summed E-state index contributed by atoms with van der Waals surface area (Å²) in [6.07, 6.45) is 8.18. The molecule has 0 unspecified atom stereocenters. The fraction of sp³-hybridized carbons (Fsp3) is 0.480. The van der Waals surface area contributed by atoms with Crippen LogP contribution in [0.4, 0.5) is 5.82 Å². The molecule has 1 fully saturated rings. The summed E-state index contributed by atoms with van der Waals surface area (Å²) in [6.45, 7) is -0.102. The topological polar surface area (TPSA) is 117 Å². The molecule has 2 aliphatic rings. The quantitative estimate of drug-likeness (QED) is 0.460. The molecule has 9 nitrogen and oxygen atoms in total. The van der Waals surface area contributed by atoms with Gasteiger partial charge in [0.1, 0.15) is 17.6 Å². The number of benzene rings is 1. The first kappa shape index (κ1) is 25.2. The fourth-order valence-electron chi connectivity index (χ4n) is 4.63. The molecule has 4 rings (SSSR count). The number of nitrogens with zero attached hydrogens (tertiary/aromatic N) is 3. The number of aromatic nitrogens is 2. The third-order valence-corrected chi connectivity index (χ3v) is 6.74. The monoisotopic (exact) mass is 502 g/mol. The molecule has 0 saturated heterocycles. The summed E-state index contributed by atoms with van der Waals surface area (Å²) in [5.41, 5.74) is 0. The molecule has 1 saturated carbocycles. The van der Waals surface area contributed by atoms with Crippen molar-refractivity contribution in [1.82, 2.24) is 14.7 Å². The van der Waals surface area contributed by atoms with Gasteiger partial charge < -0.3 is 25.2 Å². The largest absolute Gasteiger partial charge is 0.458 e. The number of halogens is 1. The number of ether oxygens (including phenoxy) is 1. The van der Waals surface area contributed by atoms with Crippen LogP contribution in [-0.4, -0.2) is 62.0 Å². The number of para-hydroxylation sites is 1. The van der Waals surface area contributed by atoms with Gasteiger partial charge in [0, 0.05) is 18.3 Å². The Labute approximate surface area is 209 Å². The van der Waals surface area contributed by atoms with Gasteiger partial charge in [-0.15, -0.1) is 0 Å². The Balaban J connectivity index is 1.46. The third-order valence-electron chi connectivity index (χ3n) is 6.43. The molecule has 10 heteroatoms. The highest BCUT2D eigenvalue weighted by Gasteiger charge is 2.36. The molecule has 2 heterocycles. The smallest absolute Gasteiger partial charge is 0.251 e. The number of anilines is 1. The Morgan fingerprint density at radius 1 is 1.23 bits per heavy atom. The van der Waals surface area contributed by atoms with E-state index in [0.29, 0.717) is 34.7 Å². The van der Waals surface area contributed by atoms with Gasteiger partial charge in [-0.05, 0) is 24.5 Å². The average Bonchev–Trinajstić information content (AvgIpc) is 3.44. The van der Waals surface area contributed by atoms with Crippen molar-refractivity contribution < 1.29 is 24.5 Å². The summed E-state index contributed by atoms with van der Waals surface area (Å²) in [7, 11) is 0. The molecule has 1 aromatic carbocycles. The molecule has 0 bridgehead atoms. The van der Waals surface area contributed by atoms with Gasteiger partial charge in [0.2, 0.25) is 5.91 Å². The van der Waals surface area contributed by atoms with Gasteiger partial charge >= 0.3 is 0 Å². The molecule has 188 valence electrons. The van der Waals surface area contributed by atoms with Gasteiger partial charge in [-0.3, -0.25) is 14.3 Å². The van der Waals surface area contributed by atoms with E-state index in [4.69, 9.17) is 21.4 Å². The molecule has 0 radical (unpaired) electrons. The summed E-state index contributed by atoms with van der Waals surface area (Å²) in [5, 5.41) is 26.2. The zero-order valence-corrected chi connectivity index (χ0v) is 20.2. The normalized spacial score (nSPS) is 18.3. The lowest BCUT2D eigenvalue weighted by Gasteiger charge is -2.31. The molecular weight excluding hydrogens is 472 g/mol. The third kappa shape index (κ3) is 6.62. The molecule has 1 aliphatic heterocycles. The molecule has 0 spiro atoms. The van der Waals surface area contributed by atoms with Crippen LogP contribution in [0.3, 0.4) is 0 Å². The van der Waals surface area contributed by atoms with Crippen molar-refractivity contribution >= 4 is 29.2 Å². The van der Waals surface area contributed by atoms with Gasteiger partial charge in [0.05, 0.1) is 30.8 Å². The van der Waals surface area contributed by atoms with Crippen LogP contribution in [0.5, 0.6) is 5.75 Å². The highest BCUT2D eigenvalue weighted by atomic mass is 35.5. The highest BCUT2D eigenvalue weighted by molar-refractivity contribution is 6.32. The average molecular weight is 503 g/mol. The molecule has 3 N–H and O–H groups in total. The molecule has 2 amide bonds. The van der Waals surface area contributed by atoms with Crippen molar-refractivity contribution in [3.63, 3.8) is 0 Å². The zero-order chi connectivity index (χ0) is 24.8. The predicted molar refractivity (Wildman–Crippen MR) is 131 cm³/mol. The number of hydrogen-bond acceptors (Lipinski definition) is 6. The van der Waals surface area contributed by atoms with Gasteiger partial charge in [0.25, 0.3) is 5.91 Å². The summed E-state index contributed by atoms with van der Waals surface area (Å²) in [4.78, 5) is 27.9. The molecule has 1 aliphatic carbocycles. The van der Waals surface area contributed by atoms with E-state index in [1.54, 1.807) is 41.4 Å². The second kappa shape index (κ2) is 11.7. The van der Waals surface area contributed by atoms with E-state index in [-0.39, 0.29) is 31.5 Å². The Hall–Kier alpha value is -2.88. The van der Waals surface area contributed by atoms with E-state index in [0.717, 1.165) is 25.7 Å². The first-order chi connectivity index (χ1) is 16.9. The van der Waals surface area contributed by atoms with E-state index in [9.17, 15) is 14.7 Å². The summed E-state index contributed by atoms with van der Waals surface area (Å²) in [5.74, 6) is 0.980. The second-order valence-corrected chi connectivity index (χ2v) is 9.52. The maximum absolute atomic E-state index is 13.4. The van der Waals surface area contributed by atoms with Crippen molar-refractivity contribution in [3.05, 3.63) is 53.4 Å². The zero-order valence-electron chi connectivity index (χ0n) is 19.5. The van der Waals surface area contributed by atoms with Crippen LogP contribution >= 0.6 is 11.6 Å². The molecular formula is C25H31ClN4O5. The second-order valence-electron chi connectivity index (χ2n) is 9.11. The van der Waals surface area contributed by atoms with Gasteiger partial charge in [-0.25, -0.2) is 0 Å². The number of aliphatic hydroxyl groups excluding tert-OH is 2. The lowest BCUT2D eigenvalue weighted by atomic mass is 9.84. The van der Waals surface area contributed by atoms with Gasteiger partial charge in [-0.2, -0.15) is 5.10 Å². The van der Waals surface area contributed by atoms with Crippen LogP contribution in [0.15, 0.2) is 48.4 Å². The Bertz CT molecular complexity index is 1070. The van der Waals surface area contributed by atoms with Crippen LogP contribution in [0.2, 0.25) is 5.02 Å². The van der Waals surface area contributed by atoms with Crippen LogP contribution in [-0.2, 0) is 16.1 Å². The standard InChI is InChI=1S/C25H31ClN4O5/c26-20-8-4-5-9-22(20)35-19-13-24(33)30(15-19)21(12-17-6-2-1-3-7-17)25(34)27-23-10-11-29(28-23)14-18(32)16-31/h4-5,8-11,13,17-18,21,31-32H,1-3,6-7,12,14-16H2,(H,27,28,34)/t18-,21+/m1/s1. The molecule has 35 heavy (non-hydrogen) atoms. The van der Waals surface area contributed by atoms with Crippen LogP contribution in [0, 0.1) is 5.92 Å². The highest BCUT2D eigenvalue weighted by Crippen LogP contribution is 2.31. The number of rotatable bonds is 10. The molecule has 1 aromatic heterocycles. The van der Waals surface area contributed by atoms with E-state index >= 15 is 0 Å². The number of aliphatic hydroxyl groups is 2. The SMILES string of the molecule is O=C(Nc1ccn(C[C@@H](O)CO)n1)[C@H](CC1CCCCC1)N1CC(Oc2ccccc2Cl)=CC1=O. The van der Waals surface area contributed by atoms with Crippen molar-refractivity contribution in [1.29, 1.82) is 0 Å². The minimum absolute atomic E-state index is 0.106. The van der Waals surface area contributed by atoms with Crippen molar-refractivity contribution in [2.75, 3.05) is 18.5 Å². The number of carbonyl (C=O) groups is 2. The summed E-state index contributed by atoms with van der Waals surface area (Å²) >= 11 is 6.20. The number of hydrogen-bond donors (Lipinski definition) is 3. The van der Waals surface area contributed by atoms with Gasteiger partial charge in [-0.1, -0.05) is 55.8 Å². The van der Waals surface area contributed by atoms with E-state index < -0.39 is 12.1 Å². The van der Waals surface area contributed by atoms with Crippen molar-refractivity contribution in [2.24, 2.45) is 5.92 Å². The van der Waals surface area contributed by atoms with E-state index in [2.05, 4.69) is 10.4 Å². The molecule has 2 aromatic rings. The lowest BCUT2D eigenvalue weighted by Crippen LogP contribution is -2.46. The van der Waals surface area contributed by atoms with Crippen LogP contribution in [0.25, 0.3) is 0 Å². The van der Waals surface area contributed by atoms with E-state index in [1.807, 2.05) is 0 Å². The number of carbonyl (C=O) groups excluding carboxylic acids is 2. The van der Waals surface area contributed by atoms with Crippen LogP contribution < -0.4 is 10.1 Å². The van der Waals surface area contributed by atoms with Crippen LogP contribution in [0.1, 0.15) is 38.5 Å². The lowest BCUT2D eigenvalue weighted by molar-refractivity contribution is -0.134. The number of amides is 2. The van der Waals surface area contributed by atoms with E-state index in [1.165, 1.54) is 17.2 Å². The Kier molecular flexibility index (Phi) is 8.43. The minimum Gasteiger partial charge on any atom is -0.458 e. The summed E-state index contributed by atoms with van der Waals surface area (Å²) in [6, 6.07) is 7.98. The van der Waals surface area contributed by atoms with Crippen molar-refractivity contribution in [3.8, 4) is 5.75 Å². The minimum atomic E-state index is -0.942. The van der Waals surface area contributed by atoms with Gasteiger partial charge in [0.15, 0.2) is 5.82 Å². The predicted octanol–water partition coefficient (Wildman–Crippen LogP) is 2.97. The van der Waals surface area contributed by atoms with Crippen molar-refractivity contribution in [2.45, 2.75) is 57.2 Å². The first-order valence-electron chi connectivity index (χ1n) is 12.0. The molecule has 2 atom stereocenters. The maximum atomic E-state index is 13.4. The fourth-order valence-corrected chi connectivity index (χ4v) is 4.81. The maximum Gasteiger partial charge on any atom is 0.251 e. The Morgan fingerprint density at radius 2 is 2.00 bits per heavy atom.